The molecule has 0 bridgehead atoms. The number of hydrogen-bond acceptors (Lipinski definition) is 5. The molecule has 1 heterocycles. The van der Waals surface area contributed by atoms with E-state index < -0.39 is 0 Å². The highest BCUT2D eigenvalue weighted by Crippen LogP contribution is 2.28. The van der Waals surface area contributed by atoms with Gasteiger partial charge in [0, 0.05) is 13.7 Å². The second kappa shape index (κ2) is 7.47. The number of rotatable bonds is 8. The van der Waals surface area contributed by atoms with Crippen LogP contribution in [0.15, 0.2) is 6.20 Å². The molecule has 19 heavy (non-hydrogen) atoms. The zero-order valence-corrected chi connectivity index (χ0v) is 12.8. The second-order valence-corrected chi connectivity index (χ2v) is 4.83. The molecule has 1 aromatic rings. The van der Waals surface area contributed by atoms with Crippen LogP contribution < -0.4 is 10.1 Å². The molecule has 2 atom stereocenters. The molecule has 0 amide bonds. The van der Waals surface area contributed by atoms with Crippen molar-refractivity contribution in [2.75, 3.05) is 41.9 Å². The normalized spacial score (nSPS) is 14.7. The minimum Gasteiger partial charge on any atom is -0.493 e. The molecule has 1 aromatic heterocycles. The summed E-state index contributed by atoms with van der Waals surface area (Å²) in [7, 11) is 9.40. The van der Waals surface area contributed by atoms with Crippen LogP contribution in [-0.4, -0.2) is 62.7 Å². The van der Waals surface area contributed by atoms with E-state index in [4.69, 9.17) is 9.47 Å². The van der Waals surface area contributed by atoms with Crippen molar-refractivity contribution >= 4 is 0 Å². The van der Waals surface area contributed by atoms with Gasteiger partial charge in [0.05, 0.1) is 37.7 Å². The van der Waals surface area contributed by atoms with E-state index in [2.05, 4.69) is 15.3 Å². The molecule has 1 N–H and O–H groups in total. The fourth-order valence-corrected chi connectivity index (χ4v) is 2.05. The molecule has 6 nitrogen and oxygen atoms in total. The number of likely N-dealkylation sites (N-methyl/N-ethyl adjacent to an activating group) is 2. The van der Waals surface area contributed by atoms with Gasteiger partial charge in [-0.2, -0.15) is 5.10 Å². The summed E-state index contributed by atoms with van der Waals surface area (Å²) in [6.07, 6.45) is 1.80. The Kier molecular flexibility index (Phi) is 6.27. The molecule has 0 fully saturated rings. The average Bonchev–Trinajstić information content (AvgIpc) is 2.80. The standard InChI is InChI=1S/C13H26N4O2/c1-10(18-5)12(14-2)13-11(19-6)9-15-17(13)8-7-16(3)4/h9-10,12,14H,7-8H2,1-6H3. The Balaban J connectivity index is 3.02. The first-order chi connectivity index (χ1) is 9.04. The molecule has 2 unspecified atom stereocenters. The van der Waals surface area contributed by atoms with Gasteiger partial charge in [-0.3, -0.25) is 4.68 Å². The number of aromatic nitrogens is 2. The van der Waals surface area contributed by atoms with Crippen LogP contribution in [0.25, 0.3) is 0 Å². The Bertz CT molecular complexity index is 379. The maximum absolute atomic E-state index is 5.44. The summed E-state index contributed by atoms with van der Waals surface area (Å²) in [6.45, 7) is 3.78. The lowest BCUT2D eigenvalue weighted by atomic mass is 10.1. The van der Waals surface area contributed by atoms with E-state index in [9.17, 15) is 0 Å². The van der Waals surface area contributed by atoms with Crippen molar-refractivity contribution in [1.82, 2.24) is 20.0 Å². The van der Waals surface area contributed by atoms with Crippen LogP contribution in [-0.2, 0) is 11.3 Å². The van der Waals surface area contributed by atoms with Gasteiger partial charge < -0.3 is 19.7 Å². The summed E-state index contributed by atoms with van der Waals surface area (Å²) < 4.78 is 12.8. The largest absolute Gasteiger partial charge is 0.493 e. The summed E-state index contributed by atoms with van der Waals surface area (Å²) in [4.78, 5) is 2.13. The molecular formula is C13H26N4O2. The van der Waals surface area contributed by atoms with Gasteiger partial charge in [0.1, 0.15) is 0 Å². The Morgan fingerprint density at radius 2 is 2.11 bits per heavy atom. The van der Waals surface area contributed by atoms with Gasteiger partial charge in [-0.1, -0.05) is 0 Å². The monoisotopic (exact) mass is 270 g/mol. The second-order valence-electron chi connectivity index (χ2n) is 4.83. The predicted molar refractivity (Wildman–Crippen MR) is 75.6 cm³/mol. The van der Waals surface area contributed by atoms with E-state index in [1.165, 1.54) is 0 Å². The number of nitrogens with zero attached hydrogens (tertiary/aromatic N) is 3. The maximum Gasteiger partial charge on any atom is 0.161 e. The van der Waals surface area contributed by atoms with E-state index >= 15 is 0 Å². The third kappa shape index (κ3) is 3.92. The van der Waals surface area contributed by atoms with Gasteiger partial charge in [0.15, 0.2) is 5.75 Å². The minimum atomic E-state index is 0.0358. The first-order valence-corrected chi connectivity index (χ1v) is 6.49. The van der Waals surface area contributed by atoms with Crippen LogP contribution in [0, 0.1) is 0 Å². The summed E-state index contributed by atoms with van der Waals surface area (Å²) in [5.74, 6) is 0.794. The molecule has 6 heteroatoms. The third-order valence-corrected chi connectivity index (χ3v) is 3.27. The van der Waals surface area contributed by atoms with Crippen molar-refractivity contribution in [3.63, 3.8) is 0 Å². The fourth-order valence-electron chi connectivity index (χ4n) is 2.05. The number of nitrogens with one attached hydrogen (secondary N) is 1. The molecular weight excluding hydrogens is 244 g/mol. The lowest BCUT2D eigenvalue weighted by molar-refractivity contribution is 0.0815. The van der Waals surface area contributed by atoms with Gasteiger partial charge >= 0.3 is 0 Å². The Labute approximate surface area is 115 Å². The zero-order valence-electron chi connectivity index (χ0n) is 12.8. The molecule has 1 rings (SSSR count). The highest BCUT2D eigenvalue weighted by molar-refractivity contribution is 5.29. The van der Waals surface area contributed by atoms with Crippen molar-refractivity contribution in [3.05, 3.63) is 11.9 Å². The summed E-state index contributed by atoms with van der Waals surface area (Å²) >= 11 is 0. The van der Waals surface area contributed by atoms with E-state index in [1.54, 1.807) is 20.4 Å². The molecule has 0 saturated carbocycles. The van der Waals surface area contributed by atoms with Gasteiger partial charge in [0.2, 0.25) is 0 Å². The SMILES string of the molecule is CNC(c1c(OC)cnn1CCN(C)C)C(C)OC. The first kappa shape index (κ1) is 15.9. The van der Waals surface area contributed by atoms with Crippen molar-refractivity contribution in [1.29, 1.82) is 0 Å². The molecule has 110 valence electrons. The van der Waals surface area contributed by atoms with E-state index in [1.807, 2.05) is 32.7 Å². The topological polar surface area (TPSA) is 51.5 Å². The zero-order chi connectivity index (χ0) is 14.4. The van der Waals surface area contributed by atoms with Crippen molar-refractivity contribution < 1.29 is 9.47 Å². The van der Waals surface area contributed by atoms with Crippen LogP contribution in [0.3, 0.4) is 0 Å². The van der Waals surface area contributed by atoms with Crippen molar-refractivity contribution in [2.45, 2.75) is 25.6 Å². The average molecular weight is 270 g/mol. The molecule has 0 aliphatic rings. The van der Waals surface area contributed by atoms with Crippen LogP contribution in [0.2, 0.25) is 0 Å². The Morgan fingerprint density at radius 1 is 1.42 bits per heavy atom. The molecule has 0 aliphatic heterocycles. The Morgan fingerprint density at radius 3 is 2.58 bits per heavy atom. The summed E-state index contributed by atoms with van der Waals surface area (Å²) in [6, 6.07) is 0.0459. The highest BCUT2D eigenvalue weighted by Gasteiger charge is 2.25. The summed E-state index contributed by atoms with van der Waals surface area (Å²) in [5.41, 5.74) is 1.03. The quantitative estimate of drug-likeness (QED) is 0.755. The fraction of sp³-hybridized carbons (Fsp3) is 0.769. The van der Waals surface area contributed by atoms with Crippen molar-refractivity contribution in [3.8, 4) is 5.75 Å². The van der Waals surface area contributed by atoms with Gasteiger partial charge in [-0.15, -0.1) is 0 Å². The van der Waals surface area contributed by atoms with Gasteiger partial charge in [-0.05, 0) is 28.1 Å². The third-order valence-electron chi connectivity index (χ3n) is 3.27. The van der Waals surface area contributed by atoms with Crippen LogP contribution >= 0.6 is 0 Å². The maximum atomic E-state index is 5.44. The Hall–Kier alpha value is -1.11. The van der Waals surface area contributed by atoms with Crippen LogP contribution in [0.1, 0.15) is 18.7 Å². The lowest BCUT2D eigenvalue weighted by Crippen LogP contribution is -2.32. The number of ether oxygens (including phenoxy) is 2. The van der Waals surface area contributed by atoms with Gasteiger partial charge in [0.25, 0.3) is 0 Å². The highest BCUT2D eigenvalue weighted by atomic mass is 16.5. The van der Waals surface area contributed by atoms with Crippen LogP contribution in [0.4, 0.5) is 0 Å². The minimum absolute atomic E-state index is 0.0358. The smallest absolute Gasteiger partial charge is 0.161 e. The molecule has 0 aliphatic carbocycles. The van der Waals surface area contributed by atoms with Gasteiger partial charge in [-0.25, -0.2) is 0 Å². The lowest BCUT2D eigenvalue weighted by Gasteiger charge is -2.24. The first-order valence-electron chi connectivity index (χ1n) is 6.49. The predicted octanol–water partition coefficient (Wildman–Crippen LogP) is 0.749. The van der Waals surface area contributed by atoms with E-state index in [0.717, 1.165) is 24.5 Å². The number of methoxy groups -OCH3 is 2. The van der Waals surface area contributed by atoms with Crippen molar-refractivity contribution in [2.24, 2.45) is 0 Å². The molecule has 0 saturated heterocycles. The molecule has 0 spiro atoms. The van der Waals surface area contributed by atoms with Crippen LogP contribution in [0.5, 0.6) is 5.75 Å². The van der Waals surface area contributed by atoms with E-state index in [-0.39, 0.29) is 12.1 Å². The molecule has 0 aromatic carbocycles. The molecule has 0 radical (unpaired) electrons. The number of hydrogen-bond donors (Lipinski definition) is 1. The van der Waals surface area contributed by atoms with E-state index in [0.29, 0.717) is 0 Å². The summed E-state index contributed by atoms with van der Waals surface area (Å²) in [5, 5.41) is 7.69.